The predicted molar refractivity (Wildman–Crippen MR) is 362 cm³/mol. The predicted octanol–water partition coefficient (Wildman–Crippen LogP) is 18.9. The molecular formula is C71H122O16P2. The summed E-state index contributed by atoms with van der Waals surface area (Å²) in [4.78, 5) is 58.4. The normalized spacial score (nSPS) is 14.9. The topological polar surface area (TPSA) is 231 Å². The first-order valence-corrected chi connectivity index (χ1v) is 37.2. The van der Waals surface area contributed by atoms with Crippen molar-refractivity contribution < 1.29 is 75.8 Å². The van der Waals surface area contributed by atoms with Crippen molar-refractivity contribution in [1.82, 2.24) is 0 Å². The van der Waals surface area contributed by atoms with Crippen LogP contribution in [0.3, 0.4) is 0 Å². The molecule has 0 saturated heterocycles. The number of hydrogen-bond donors (Lipinski definition) is 4. The second-order valence-corrected chi connectivity index (χ2v) is 25.5. The molecule has 0 radical (unpaired) electrons. The molecular weight excluding hydrogens is 1170 g/mol. The Labute approximate surface area is 539 Å². The molecule has 0 fully saturated rings. The first kappa shape index (κ1) is 85.2. The van der Waals surface area contributed by atoms with Gasteiger partial charge in [0.2, 0.25) is 0 Å². The summed E-state index contributed by atoms with van der Waals surface area (Å²) in [7, 11) is -9.79. The molecule has 0 saturated carbocycles. The third-order valence-electron chi connectivity index (χ3n) is 14.0. The van der Waals surface area contributed by atoms with Crippen LogP contribution in [0.15, 0.2) is 109 Å². The van der Waals surface area contributed by atoms with Crippen LogP contribution in [0.2, 0.25) is 0 Å². The molecule has 0 heterocycles. The van der Waals surface area contributed by atoms with Gasteiger partial charge in [0.25, 0.3) is 0 Å². The third-order valence-corrected chi connectivity index (χ3v) is 15.9. The molecule has 89 heavy (non-hydrogen) atoms. The van der Waals surface area contributed by atoms with Crippen LogP contribution in [0.1, 0.15) is 265 Å². The minimum atomic E-state index is -4.93. The first-order chi connectivity index (χ1) is 43.2. The van der Waals surface area contributed by atoms with Gasteiger partial charge in [0.1, 0.15) is 25.4 Å². The van der Waals surface area contributed by atoms with Crippen molar-refractivity contribution in [3.8, 4) is 0 Å². The summed E-state index contributed by atoms with van der Waals surface area (Å²) in [6, 6.07) is 0. The maximum absolute atomic E-state index is 12.9. The molecule has 4 N–H and O–H groups in total. The highest BCUT2D eigenvalue weighted by atomic mass is 31.2. The van der Waals surface area contributed by atoms with Gasteiger partial charge in [-0.05, 0) is 103 Å². The van der Waals surface area contributed by atoms with Gasteiger partial charge in [0.05, 0.1) is 26.4 Å². The van der Waals surface area contributed by atoms with Crippen molar-refractivity contribution in [2.24, 2.45) is 0 Å². The SMILES string of the molecule is CC/C=C\C/C=C\C/C=C\C/C=C\C/C=C\CCCCCC(=O)OCC(O)COP(=O)(O)OCC(O)COP(=O)(O)OCC(COC(=O)CCCCCCCC/C=C\C/C=C\C/C=C\C/C=C\CC)OC(=O)CCCCCCCCCCCCCCCCC. The molecule has 0 bridgehead atoms. The zero-order valence-corrected chi connectivity index (χ0v) is 57.1. The fourth-order valence-corrected chi connectivity index (χ4v) is 10.4. The summed E-state index contributed by atoms with van der Waals surface area (Å²) in [6.45, 7) is 2.39. The number of hydrogen-bond acceptors (Lipinski definition) is 14. The van der Waals surface area contributed by atoms with E-state index in [1.165, 1.54) is 64.2 Å². The van der Waals surface area contributed by atoms with Gasteiger partial charge in [-0.1, -0.05) is 252 Å². The lowest BCUT2D eigenvalue weighted by Crippen LogP contribution is -2.30. The third kappa shape index (κ3) is 65.5. The van der Waals surface area contributed by atoms with Crippen molar-refractivity contribution in [1.29, 1.82) is 0 Å². The number of aliphatic hydroxyl groups excluding tert-OH is 2. The molecule has 0 aromatic carbocycles. The smallest absolute Gasteiger partial charge is 0.463 e. The van der Waals surface area contributed by atoms with Gasteiger partial charge < -0.3 is 34.2 Å². The lowest BCUT2D eigenvalue weighted by Gasteiger charge is -2.21. The number of unbranched alkanes of at least 4 members (excludes halogenated alkanes) is 23. The van der Waals surface area contributed by atoms with E-state index in [4.69, 9.17) is 32.3 Å². The molecule has 16 nitrogen and oxygen atoms in total. The van der Waals surface area contributed by atoms with Crippen molar-refractivity contribution in [2.45, 2.75) is 283 Å². The number of ether oxygens (including phenoxy) is 3. The standard InChI is InChI=1S/C71H122O16P2/c1-4-7-10-13-16-19-22-25-28-30-32-34-37-39-42-45-48-51-54-57-69(74)81-60-66(72)61-83-88(77,78)84-62-67(73)63-85-89(79,80)86-65-68(87-71(76)59-56-53-50-47-44-41-36-27-24-21-18-15-12-9-6-3)64-82-70(75)58-55-52-49-46-43-40-38-35-33-31-29-26-23-20-17-14-11-8-5-2/h7-8,10-11,16-17,19-20,25-26,28-29,32-35,39,42,66-68,72-73H,4-6,9,12-15,18,21-24,27,30-31,36-38,40-41,43-65H2,1-3H3,(H,77,78)(H,79,80)/b10-7-,11-8-,19-16-,20-17-,28-25-,29-26-,34-32-,35-33-,42-39-. The Bertz CT molecular complexity index is 2060. The number of carbonyl (C=O) groups is 3. The van der Waals surface area contributed by atoms with Crippen molar-refractivity contribution in [3.63, 3.8) is 0 Å². The Morgan fingerprint density at radius 1 is 0.326 bits per heavy atom. The zero-order chi connectivity index (χ0) is 65.3. The van der Waals surface area contributed by atoms with E-state index in [0.29, 0.717) is 19.3 Å². The van der Waals surface area contributed by atoms with Gasteiger partial charge >= 0.3 is 33.6 Å². The average Bonchev–Trinajstić information content (AvgIpc) is 3.54. The van der Waals surface area contributed by atoms with E-state index in [9.17, 15) is 43.5 Å². The Balaban J connectivity index is 4.72. The Kier molecular flexibility index (Phi) is 61.6. The van der Waals surface area contributed by atoms with Crippen LogP contribution in [0, 0.1) is 0 Å². The molecule has 5 unspecified atom stereocenters. The lowest BCUT2D eigenvalue weighted by molar-refractivity contribution is -0.161. The van der Waals surface area contributed by atoms with Gasteiger partial charge in [0, 0.05) is 19.3 Å². The van der Waals surface area contributed by atoms with E-state index in [1.54, 1.807) is 0 Å². The fourth-order valence-electron chi connectivity index (χ4n) is 8.82. The molecule has 0 aliphatic heterocycles. The highest BCUT2D eigenvalue weighted by Crippen LogP contribution is 2.45. The van der Waals surface area contributed by atoms with Crippen LogP contribution in [0.5, 0.6) is 0 Å². The number of esters is 3. The minimum absolute atomic E-state index is 0.102. The summed E-state index contributed by atoms with van der Waals surface area (Å²) < 4.78 is 60.9. The molecule has 0 rings (SSSR count). The number of carbonyl (C=O) groups excluding carboxylic acids is 3. The van der Waals surface area contributed by atoms with E-state index in [1.807, 2.05) is 0 Å². The Morgan fingerprint density at radius 3 is 0.955 bits per heavy atom. The molecule has 5 atom stereocenters. The van der Waals surface area contributed by atoms with Gasteiger partial charge in [-0.2, -0.15) is 0 Å². The summed E-state index contributed by atoms with van der Waals surface area (Å²) in [5, 5.41) is 20.5. The van der Waals surface area contributed by atoms with Gasteiger partial charge in [0.15, 0.2) is 6.10 Å². The number of phosphoric acid groups is 2. The van der Waals surface area contributed by atoms with E-state index in [0.717, 1.165) is 141 Å². The maximum atomic E-state index is 12.9. The minimum Gasteiger partial charge on any atom is -0.463 e. The molecule has 0 aliphatic carbocycles. The Morgan fingerprint density at radius 2 is 0.596 bits per heavy atom. The number of allylic oxidation sites excluding steroid dienone is 18. The van der Waals surface area contributed by atoms with Gasteiger partial charge in [-0.3, -0.25) is 32.5 Å². The van der Waals surface area contributed by atoms with Crippen LogP contribution in [0.25, 0.3) is 0 Å². The highest BCUT2D eigenvalue weighted by Gasteiger charge is 2.29. The number of aliphatic hydroxyl groups is 2. The van der Waals surface area contributed by atoms with Crippen LogP contribution in [0.4, 0.5) is 0 Å². The van der Waals surface area contributed by atoms with E-state index >= 15 is 0 Å². The summed E-state index contributed by atoms with van der Waals surface area (Å²) >= 11 is 0. The quantitative estimate of drug-likeness (QED) is 0.0146. The maximum Gasteiger partial charge on any atom is 0.472 e. The van der Waals surface area contributed by atoms with Crippen molar-refractivity contribution in [2.75, 3.05) is 39.6 Å². The summed E-state index contributed by atoms with van der Waals surface area (Å²) in [5.74, 6) is -1.62. The molecule has 0 aromatic rings. The monoisotopic (exact) mass is 1290 g/mol. The van der Waals surface area contributed by atoms with Crippen LogP contribution < -0.4 is 0 Å². The van der Waals surface area contributed by atoms with Crippen LogP contribution in [-0.2, 0) is 55.8 Å². The molecule has 0 aromatic heterocycles. The van der Waals surface area contributed by atoms with Crippen LogP contribution >= 0.6 is 15.6 Å². The molecule has 0 amide bonds. The van der Waals surface area contributed by atoms with Gasteiger partial charge in [-0.25, -0.2) is 9.13 Å². The highest BCUT2D eigenvalue weighted by molar-refractivity contribution is 7.47. The van der Waals surface area contributed by atoms with Gasteiger partial charge in [-0.15, -0.1) is 0 Å². The largest absolute Gasteiger partial charge is 0.472 e. The van der Waals surface area contributed by atoms with E-state index < -0.39 is 91.5 Å². The Hall–Kier alpha value is -3.79. The van der Waals surface area contributed by atoms with Crippen LogP contribution in [-0.4, -0.2) is 95.9 Å². The fraction of sp³-hybridized carbons (Fsp3) is 0.704. The molecule has 0 spiro atoms. The number of rotatable bonds is 64. The van der Waals surface area contributed by atoms with Crippen molar-refractivity contribution >= 4 is 33.6 Å². The average molecular weight is 1290 g/mol. The van der Waals surface area contributed by atoms with E-state index in [-0.39, 0.29) is 19.3 Å². The molecule has 512 valence electrons. The molecule has 0 aliphatic rings. The lowest BCUT2D eigenvalue weighted by atomic mass is 10.0. The second-order valence-electron chi connectivity index (χ2n) is 22.6. The summed E-state index contributed by atoms with van der Waals surface area (Å²) in [6.07, 6.45) is 71.3. The number of phosphoric ester groups is 2. The first-order valence-electron chi connectivity index (χ1n) is 34.2. The van der Waals surface area contributed by atoms with E-state index in [2.05, 4.69) is 130 Å². The van der Waals surface area contributed by atoms with Crippen molar-refractivity contribution in [3.05, 3.63) is 109 Å². The zero-order valence-electron chi connectivity index (χ0n) is 55.3. The summed E-state index contributed by atoms with van der Waals surface area (Å²) in [5.41, 5.74) is 0. The molecule has 18 heteroatoms. The second kappa shape index (κ2) is 64.3.